The summed E-state index contributed by atoms with van der Waals surface area (Å²) in [6.07, 6.45) is 1.59. The van der Waals surface area contributed by atoms with E-state index in [1.54, 1.807) is 31.4 Å². The summed E-state index contributed by atoms with van der Waals surface area (Å²) in [6, 6.07) is 6.62. The number of nitrogens with one attached hydrogen (secondary N) is 2. The van der Waals surface area contributed by atoms with Crippen LogP contribution in [0.4, 0.5) is 11.4 Å². The fraction of sp³-hybridized carbons (Fsp3) is 0.188. The minimum Gasteiger partial charge on any atom is -0.494 e. The lowest BCUT2D eigenvalue weighted by atomic mass is 10.1. The number of methoxy groups -OCH3 is 1. The molecule has 10 heteroatoms. The number of aromatic nitrogens is 5. The van der Waals surface area contributed by atoms with Crippen LogP contribution in [0.3, 0.4) is 0 Å². The molecule has 2 heterocycles. The van der Waals surface area contributed by atoms with E-state index in [1.165, 1.54) is 18.0 Å². The van der Waals surface area contributed by atoms with Gasteiger partial charge in [0, 0.05) is 29.8 Å². The van der Waals surface area contributed by atoms with Crippen LogP contribution in [0.1, 0.15) is 14.6 Å². The topological polar surface area (TPSA) is 107 Å². The van der Waals surface area contributed by atoms with Crippen molar-refractivity contribution in [2.24, 2.45) is 7.05 Å². The number of rotatable bonds is 5. The maximum Gasteiger partial charge on any atom is 0.273 e. The van der Waals surface area contributed by atoms with Gasteiger partial charge in [0.25, 0.3) is 5.91 Å². The summed E-state index contributed by atoms with van der Waals surface area (Å²) in [6.45, 7) is -2.68. The molecule has 0 aliphatic carbocycles. The zero-order valence-corrected chi connectivity index (χ0v) is 14.6. The van der Waals surface area contributed by atoms with E-state index in [0.29, 0.717) is 22.7 Å². The van der Waals surface area contributed by atoms with E-state index in [9.17, 15) is 4.79 Å². The molecule has 0 unspecified atom stereocenters. The van der Waals surface area contributed by atoms with E-state index in [4.69, 9.17) is 20.5 Å². The molecule has 2 N–H and O–H groups in total. The molecule has 0 atom stereocenters. The Kier molecular flexibility index (Phi) is 3.97. The van der Waals surface area contributed by atoms with Crippen molar-refractivity contribution in [1.82, 2.24) is 30.5 Å². The summed E-state index contributed by atoms with van der Waals surface area (Å²) in [4.78, 5) is 13.7. The molecular formula is C16H16ClN7O2. The molecule has 3 rings (SSSR count). The second-order valence-electron chi connectivity index (χ2n) is 5.11. The monoisotopic (exact) mass is 376 g/mol. The first kappa shape index (κ1) is 14.0. The number of carbonyl (C=O) groups is 1. The summed E-state index contributed by atoms with van der Waals surface area (Å²) in [5.74, 6) is -0.496. The maximum atomic E-state index is 12.3. The highest BCUT2D eigenvalue weighted by Crippen LogP contribution is 2.37. The predicted molar refractivity (Wildman–Crippen MR) is 96.7 cm³/mol. The van der Waals surface area contributed by atoms with E-state index in [2.05, 4.69) is 25.7 Å². The van der Waals surface area contributed by atoms with Crippen LogP contribution >= 0.6 is 11.6 Å². The number of hydrogen-bond acceptors (Lipinski definition) is 7. The number of para-hydroxylation sites is 1. The van der Waals surface area contributed by atoms with Crippen molar-refractivity contribution in [3.05, 3.63) is 41.3 Å². The highest BCUT2D eigenvalue weighted by Gasteiger charge is 2.18. The number of nitrogens with zero attached hydrogens (tertiary/aromatic N) is 5. The number of anilines is 2. The molecule has 9 nitrogen and oxygen atoms in total. The van der Waals surface area contributed by atoms with Crippen molar-refractivity contribution in [2.75, 3.05) is 19.4 Å². The fourth-order valence-electron chi connectivity index (χ4n) is 2.36. The van der Waals surface area contributed by atoms with E-state index < -0.39 is 12.9 Å². The second kappa shape index (κ2) is 7.36. The van der Waals surface area contributed by atoms with E-state index in [1.807, 2.05) is 5.32 Å². The van der Waals surface area contributed by atoms with Crippen LogP contribution in [0, 0.1) is 0 Å². The molecule has 0 aliphatic heterocycles. The molecule has 3 aromatic rings. The van der Waals surface area contributed by atoms with Crippen LogP contribution in [0.25, 0.3) is 11.3 Å². The third kappa shape index (κ3) is 3.42. The number of benzene rings is 1. The molecule has 2 aromatic heterocycles. The normalized spacial score (nSPS) is 12.7. The number of aryl methyl sites for hydroxylation is 1. The van der Waals surface area contributed by atoms with Crippen molar-refractivity contribution in [3.63, 3.8) is 0 Å². The zero-order chi connectivity index (χ0) is 21.2. The molecular weight excluding hydrogens is 358 g/mol. The van der Waals surface area contributed by atoms with Crippen LogP contribution in [0.5, 0.6) is 5.75 Å². The number of ether oxygens (including phenoxy) is 1. The lowest BCUT2D eigenvalue weighted by molar-refractivity contribution is 0.0958. The summed E-state index contributed by atoms with van der Waals surface area (Å²) in [7, 11) is 3.18. The second-order valence-corrected chi connectivity index (χ2v) is 5.50. The Morgan fingerprint density at radius 1 is 1.35 bits per heavy atom. The Labute approximate surface area is 158 Å². The predicted octanol–water partition coefficient (Wildman–Crippen LogP) is 2.04. The van der Waals surface area contributed by atoms with Gasteiger partial charge in [0.15, 0.2) is 16.6 Å². The third-order valence-electron chi connectivity index (χ3n) is 3.46. The fourth-order valence-corrected chi connectivity index (χ4v) is 2.51. The highest BCUT2D eigenvalue weighted by atomic mass is 35.5. The van der Waals surface area contributed by atoms with Gasteiger partial charge < -0.3 is 15.4 Å². The van der Waals surface area contributed by atoms with Crippen molar-refractivity contribution < 1.29 is 13.6 Å². The molecule has 0 fully saturated rings. The number of hydrogen-bond donors (Lipinski definition) is 2. The Bertz CT molecular complexity index is 1060. The van der Waals surface area contributed by atoms with Crippen LogP contribution in [0.15, 0.2) is 30.5 Å². The maximum absolute atomic E-state index is 12.3. The van der Waals surface area contributed by atoms with Crippen molar-refractivity contribution in [2.45, 2.75) is 0 Å². The Balaban J connectivity index is 2.02. The summed E-state index contributed by atoms with van der Waals surface area (Å²) < 4.78 is 27.1. The molecule has 0 spiro atoms. The van der Waals surface area contributed by atoms with Crippen molar-refractivity contribution in [1.29, 1.82) is 0 Å². The van der Waals surface area contributed by atoms with Gasteiger partial charge in [-0.2, -0.15) is 15.0 Å². The average molecular weight is 377 g/mol. The van der Waals surface area contributed by atoms with Gasteiger partial charge in [0.1, 0.15) is 5.69 Å². The summed E-state index contributed by atoms with van der Waals surface area (Å²) in [5.41, 5.74) is 1.63. The van der Waals surface area contributed by atoms with E-state index in [-0.39, 0.29) is 16.5 Å². The van der Waals surface area contributed by atoms with Gasteiger partial charge >= 0.3 is 0 Å². The van der Waals surface area contributed by atoms with Crippen LogP contribution in [-0.4, -0.2) is 45.2 Å². The van der Waals surface area contributed by atoms with Gasteiger partial charge in [-0.05, 0) is 12.1 Å². The zero-order valence-electron chi connectivity index (χ0n) is 16.8. The number of amides is 1. The van der Waals surface area contributed by atoms with Gasteiger partial charge in [-0.15, -0.1) is 10.2 Å². The highest BCUT2D eigenvalue weighted by molar-refractivity contribution is 6.29. The molecule has 134 valence electrons. The molecule has 0 saturated carbocycles. The first-order valence-electron chi connectivity index (χ1n) is 8.84. The van der Waals surface area contributed by atoms with Gasteiger partial charge in [0.2, 0.25) is 0 Å². The van der Waals surface area contributed by atoms with Gasteiger partial charge in [-0.25, -0.2) is 0 Å². The Hall–Kier alpha value is -3.20. The number of halogens is 1. The minimum atomic E-state index is -2.68. The lowest BCUT2D eigenvalue weighted by Crippen LogP contribution is -2.21. The molecule has 0 radical (unpaired) electrons. The van der Waals surface area contributed by atoms with Crippen LogP contribution < -0.4 is 15.4 Å². The first-order chi connectivity index (χ1) is 13.7. The molecule has 26 heavy (non-hydrogen) atoms. The van der Waals surface area contributed by atoms with Gasteiger partial charge in [-0.3, -0.25) is 4.79 Å². The Morgan fingerprint density at radius 2 is 2.19 bits per heavy atom. The van der Waals surface area contributed by atoms with Crippen LogP contribution in [-0.2, 0) is 7.05 Å². The average Bonchev–Trinajstić information content (AvgIpc) is 3.06. The van der Waals surface area contributed by atoms with Crippen molar-refractivity contribution in [3.8, 4) is 17.0 Å². The Morgan fingerprint density at radius 3 is 2.88 bits per heavy atom. The van der Waals surface area contributed by atoms with Crippen LogP contribution in [0.2, 0.25) is 5.15 Å². The van der Waals surface area contributed by atoms with E-state index in [0.717, 1.165) is 0 Å². The third-order valence-corrected chi connectivity index (χ3v) is 3.64. The lowest BCUT2D eigenvalue weighted by Gasteiger charge is -2.15. The molecule has 0 saturated heterocycles. The number of carbonyl (C=O) groups excluding carboxylic acids is 1. The molecule has 1 aromatic carbocycles. The molecule has 1 amide bonds. The standard InChI is InChI=1S/C16H16ClN7O2/c1-18-16(25)14-11(7-13(17)21-22-14)20-10-6-4-5-9(15(10)26-3)12-8-19-24(2)23-12/h4-8H,1-3H3,(H,18,25)(H,20,21)/i1D3. The summed E-state index contributed by atoms with van der Waals surface area (Å²) in [5, 5.41) is 20.6. The van der Waals surface area contributed by atoms with Gasteiger partial charge in [-0.1, -0.05) is 17.7 Å². The minimum absolute atomic E-state index is 0.0157. The van der Waals surface area contributed by atoms with E-state index >= 15 is 0 Å². The van der Waals surface area contributed by atoms with Gasteiger partial charge in [0.05, 0.1) is 24.7 Å². The molecule has 0 aliphatic rings. The largest absolute Gasteiger partial charge is 0.494 e. The SMILES string of the molecule is [2H]C([2H])([2H])NC(=O)c1nnc(Cl)cc1Nc1cccc(-c2cnn(C)n2)c1OC. The molecule has 0 bridgehead atoms. The quantitative estimate of drug-likeness (QED) is 0.701. The van der Waals surface area contributed by atoms with Crippen molar-refractivity contribution >= 4 is 28.9 Å². The summed E-state index contributed by atoms with van der Waals surface area (Å²) >= 11 is 5.92. The first-order valence-corrected chi connectivity index (χ1v) is 7.72. The smallest absolute Gasteiger partial charge is 0.273 e.